The molecule has 0 saturated carbocycles. The molecule has 6 nitrogen and oxygen atoms in total. The molecule has 0 amide bonds. The zero-order chi connectivity index (χ0) is 21.1. The molecule has 0 aliphatic carbocycles. The lowest BCUT2D eigenvalue weighted by molar-refractivity contribution is -0.387. The summed E-state index contributed by atoms with van der Waals surface area (Å²) in [6.07, 6.45) is 1.40. The van der Waals surface area contributed by atoms with E-state index in [9.17, 15) is 19.8 Å². The third-order valence-electron chi connectivity index (χ3n) is 4.43. The van der Waals surface area contributed by atoms with Crippen molar-refractivity contribution in [2.75, 3.05) is 5.32 Å². The predicted octanol–water partition coefficient (Wildman–Crippen LogP) is 5.99. The average molecular weight is 416 g/mol. The fraction of sp³-hybridized carbons (Fsp3) is 0. The van der Waals surface area contributed by atoms with E-state index in [0.29, 0.717) is 10.7 Å². The van der Waals surface area contributed by atoms with Crippen molar-refractivity contribution in [2.24, 2.45) is 0 Å². The van der Waals surface area contributed by atoms with Gasteiger partial charge in [0.15, 0.2) is 0 Å². The van der Waals surface area contributed by atoms with Crippen LogP contribution in [-0.2, 0) is 0 Å². The number of nitrogens with one attached hydrogen (secondary N) is 1. The molecule has 4 aromatic rings. The third kappa shape index (κ3) is 3.87. The van der Waals surface area contributed by atoms with Gasteiger partial charge in [-0.3, -0.25) is 10.1 Å². The number of benzene rings is 3. The quantitative estimate of drug-likeness (QED) is 0.245. The van der Waals surface area contributed by atoms with Crippen molar-refractivity contribution >= 4 is 39.1 Å². The number of fused-ring (bicyclic) bond motifs is 1. The van der Waals surface area contributed by atoms with Gasteiger partial charge in [-0.1, -0.05) is 36.4 Å². The van der Waals surface area contributed by atoms with Gasteiger partial charge in [-0.25, -0.2) is 4.98 Å². The number of rotatable bonds is 5. The highest BCUT2D eigenvalue weighted by molar-refractivity contribution is 7.11. The number of nitro benzene ring substituents is 1. The van der Waals surface area contributed by atoms with Gasteiger partial charge in [-0.2, -0.15) is 9.65 Å². The Hall–Kier alpha value is -4.09. The van der Waals surface area contributed by atoms with Gasteiger partial charge >= 0.3 is 5.69 Å². The van der Waals surface area contributed by atoms with Gasteiger partial charge < -0.3 is 5.32 Å². The lowest BCUT2D eigenvalue weighted by Crippen LogP contribution is -1.96. The van der Waals surface area contributed by atoms with Crippen molar-refractivity contribution in [2.45, 2.75) is 0 Å². The van der Waals surface area contributed by atoms with Crippen LogP contribution < -0.4 is 5.32 Å². The number of hydrogen-bond donors (Lipinski definition) is 1. The Morgan fingerprint density at radius 3 is 2.73 bits per heavy atom. The summed E-state index contributed by atoms with van der Waals surface area (Å²) in [5.74, 6) is -0.921. The Bertz CT molecular complexity index is 1340. The number of aromatic nitrogens is 1. The molecule has 1 N–H and O–H groups in total. The molecule has 0 bridgehead atoms. The van der Waals surface area contributed by atoms with E-state index in [1.165, 1.54) is 23.6 Å². The van der Waals surface area contributed by atoms with Crippen molar-refractivity contribution in [1.29, 1.82) is 5.26 Å². The fourth-order valence-electron chi connectivity index (χ4n) is 2.92. The van der Waals surface area contributed by atoms with Crippen LogP contribution in [0.5, 0.6) is 0 Å². The molecule has 0 aliphatic heterocycles. The largest absolute Gasteiger partial charge is 0.360 e. The SMILES string of the molecule is N#C/C(=C/Nc1ccc(F)c([N+](=O)[O-])c1)c1nc(-c2ccc3ccccc3c2)cs1. The number of halogens is 1. The van der Waals surface area contributed by atoms with Crippen LogP contribution in [0, 0.1) is 27.3 Å². The summed E-state index contributed by atoms with van der Waals surface area (Å²) >= 11 is 1.32. The van der Waals surface area contributed by atoms with Crippen molar-refractivity contribution in [3.63, 3.8) is 0 Å². The first-order valence-corrected chi connectivity index (χ1v) is 9.69. The van der Waals surface area contributed by atoms with Crippen molar-refractivity contribution < 1.29 is 9.31 Å². The summed E-state index contributed by atoms with van der Waals surface area (Å²) in [6, 6.07) is 19.6. The lowest BCUT2D eigenvalue weighted by Gasteiger charge is -2.02. The van der Waals surface area contributed by atoms with Gasteiger partial charge in [0.05, 0.1) is 10.6 Å². The van der Waals surface area contributed by atoms with E-state index in [4.69, 9.17) is 0 Å². The van der Waals surface area contributed by atoms with Gasteiger partial charge in [-0.05, 0) is 29.0 Å². The van der Waals surface area contributed by atoms with Gasteiger partial charge in [0.2, 0.25) is 5.82 Å². The Kier molecular flexibility index (Phi) is 5.20. The molecule has 0 unspecified atom stereocenters. The van der Waals surface area contributed by atoms with Crippen LogP contribution in [-0.4, -0.2) is 9.91 Å². The topological polar surface area (TPSA) is 91.8 Å². The van der Waals surface area contributed by atoms with Crippen molar-refractivity contribution in [3.05, 3.63) is 93.2 Å². The number of nitrogens with zero attached hydrogens (tertiary/aromatic N) is 3. The van der Waals surface area contributed by atoms with Crippen LogP contribution in [0.15, 0.2) is 72.2 Å². The molecule has 1 aromatic heterocycles. The molecule has 3 aromatic carbocycles. The normalized spacial score (nSPS) is 11.3. The standard InChI is InChI=1S/C22H13FN4O2S/c23-19-8-7-18(10-21(19)27(28)29)25-12-17(11-24)22-26-20(13-30-22)16-6-5-14-3-1-2-4-15(14)9-16/h1-10,12-13,25H/b17-12-. The molecule has 0 aliphatic rings. The zero-order valence-electron chi connectivity index (χ0n) is 15.4. The van der Waals surface area contributed by atoms with Crippen LogP contribution in [0.1, 0.15) is 5.01 Å². The second-order valence-corrected chi connectivity index (χ2v) is 7.20. The Morgan fingerprint density at radius 2 is 1.97 bits per heavy atom. The maximum Gasteiger partial charge on any atom is 0.306 e. The number of thiazole rings is 1. The predicted molar refractivity (Wildman–Crippen MR) is 115 cm³/mol. The molecular formula is C22H13FN4O2S. The fourth-order valence-corrected chi connectivity index (χ4v) is 3.71. The van der Waals surface area contributed by atoms with Crippen molar-refractivity contribution in [1.82, 2.24) is 4.98 Å². The summed E-state index contributed by atoms with van der Waals surface area (Å²) in [5, 5.41) is 27.8. The van der Waals surface area contributed by atoms with E-state index in [1.807, 2.05) is 47.8 Å². The van der Waals surface area contributed by atoms with Crippen molar-refractivity contribution in [3.8, 4) is 17.3 Å². The first-order valence-electron chi connectivity index (χ1n) is 8.81. The molecule has 8 heteroatoms. The summed E-state index contributed by atoms with van der Waals surface area (Å²) < 4.78 is 13.5. The van der Waals surface area contributed by atoms with E-state index in [-0.39, 0.29) is 5.57 Å². The minimum atomic E-state index is -0.921. The molecule has 0 atom stereocenters. The van der Waals surface area contributed by atoms with Crippen LogP contribution in [0.3, 0.4) is 0 Å². The molecule has 30 heavy (non-hydrogen) atoms. The van der Waals surface area contributed by atoms with E-state index in [0.717, 1.165) is 34.2 Å². The number of nitro groups is 1. The number of anilines is 1. The van der Waals surface area contributed by atoms with Gasteiger partial charge in [0.25, 0.3) is 0 Å². The zero-order valence-corrected chi connectivity index (χ0v) is 16.2. The maximum atomic E-state index is 13.5. The average Bonchev–Trinajstić information content (AvgIpc) is 3.25. The third-order valence-corrected chi connectivity index (χ3v) is 5.30. The van der Waals surface area contributed by atoms with E-state index >= 15 is 0 Å². The first kappa shape index (κ1) is 19.2. The highest BCUT2D eigenvalue weighted by Gasteiger charge is 2.14. The monoisotopic (exact) mass is 416 g/mol. The molecule has 1 heterocycles. The van der Waals surface area contributed by atoms with Gasteiger partial charge in [0.1, 0.15) is 16.6 Å². The number of hydrogen-bond acceptors (Lipinski definition) is 6. The first-order chi connectivity index (χ1) is 14.5. The second kappa shape index (κ2) is 8.11. The molecule has 4 rings (SSSR count). The van der Waals surface area contributed by atoms with Crippen LogP contribution in [0.2, 0.25) is 0 Å². The summed E-state index contributed by atoms with van der Waals surface area (Å²) in [5.41, 5.74) is 1.61. The Balaban J connectivity index is 1.60. The van der Waals surface area contributed by atoms with Crippen LogP contribution in [0.25, 0.3) is 27.6 Å². The molecule has 0 spiro atoms. The minimum Gasteiger partial charge on any atom is -0.360 e. The van der Waals surface area contributed by atoms with Crippen LogP contribution in [0.4, 0.5) is 15.8 Å². The molecule has 146 valence electrons. The molecule has 0 saturated heterocycles. The Morgan fingerprint density at radius 1 is 1.17 bits per heavy atom. The summed E-state index contributed by atoms with van der Waals surface area (Å²) in [6.45, 7) is 0. The summed E-state index contributed by atoms with van der Waals surface area (Å²) in [7, 11) is 0. The van der Waals surface area contributed by atoms with Gasteiger partial charge in [0, 0.05) is 28.9 Å². The summed E-state index contributed by atoms with van der Waals surface area (Å²) in [4.78, 5) is 14.6. The maximum absolute atomic E-state index is 13.5. The molecule has 0 fully saturated rings. The highest BCUT2D eigenvalue weighted by atomic mass is 32.1. The van der Waals surface area contributed by atoms with Crippen LogP contribution >= 0.6 is 11.3 Å². The van der Waals surface area contributed by atoms with E-state index in [2.05, 4.69) is 16.4 Å². The highest BCUT2D eigenvalue weighted by Crippen LogP contribution is 2.29. The smallest absolute Gasteiger partial charge is 0.306 e. The number of nitriles is 1. The molecule has 0 radical (unpaired) electrons. The van der Waals surface area contributed by atoms with E-state index in [1.54, 1.807) is 0 Å². The second-order valence-electron chi connectivity index (χ2n) is 6.34. The molecular weight excluding hydrogens is 403 g/mol. The lowest BCUT2D eigenvalue weighted by atomic mass is 10.1. The Labute approximate surface area is 174 Å². The number of allylic oxidation sites excluding steroid dienone is 1. The van der Waals surface area contributed by atoms with E-state index < -0.39 is 16.4 Å². The minimum absolute atomic E-state index is 0.263. The van der Waals surface area contributed by atoms with Gasteiger partial charge in [-0.15, -0.1) is 11.3 Å².